The maximum atomic E-state index is 12.0. The van der Waals surface area contributed by atoms with Crippen molar-refractivity contribution in [2.45, 2.75) is 43.7 Å². The minimum atomic E-state index is -3.13. The van der Waals surface area contributed by atoms with E-state index in [1.807, 2.05) is 0 Å². The fraction of sp³-hybridized carbons (Fsp3) is 0.727. The summed E-state index contributed by atoms with van der Waals surface area (Å²) in [4.78, 5) is 12.0. The van der Waals surface area contributed by atoms with E-state index in [1.54, 1.807) is 0 Å². The molecule has 17 heavy (non-hydrogen) atoms. The molecule has 0 aromatic heterocycles. The number of carbonyl (C=O) groups is 1. The van der Waals surface area contributed by atoms with Crippen LogP contribution in [0.4, 0.5) is 0 Å². The standard InChI is InChI=1S/C11H18N2O3S/c12-11(5-2-1-3-6-11)10(14)13-9-4-7-17(15,16)8-9/h4,7,9H,1-3,5-6,8,12H2,(H,13,14). The van der Waals surface area contributed by atoms with Gasteiger partial charge in [-0.2, -0.15) is 0 Å². The quantitative estimate of drug-likeness (QED) is 0.733. The predicted molar refractivity (Wildman–Crippen MR) is 64.9 cm³/mol. The minimum Gasteiger partial charge on any atom is -0.347 e. The van der Waals surface area contributed by atoms with E-state index < -0.39 is 21.4 Å². The number of hydrogen-bond donors (Lipinski definition) is 2. The number of nitrogens with one attached hydrogen (secondary N) is 1. The Morgan fingerprint density at radius 3 is 2.47 bits per heavy atom. The largest absolute Gasteiger partial charge is 0.347 e. The van der Waals surface area contributed by atoms with E-state index >= 15 is 0 Å². The normalized spacial score (nSPS) is 30.1. The Labute approximate surface area is 101 Å². The molecule has 1 amide bonds. The van der Waals surface area contributed by atoms with Crippen LogP contribution in [0.15, 0.2) is 11.5 Å². The molecule has 1 aliphatic carbocycles. The number of sulfone groups is 1. The lowest BCUT2D eigenvalue weighted by molar-refractivity contribution is -0.127. The lowest BCUT2D eigenvalue weighted by Gasteiger charge is -2.32. The second kappa shape index (κ2) is 4.42. The van der Waals surface area contributed by atoms with E-state index in [0.29, 0.717) is 12.8 Å². The van der Waals surface area contributed by atoms with Crippen molar-refractivity contribution < 1.29 is 13.2 Å². The molecule has 0 saturated heterocycles. The van der Waals surface area contributed by atoms with E-state index in [9.17, 15) is 13.2 Å². The Kier molecular flexibility index (Phi) is 3.27. The average Bonchev–Trinajstić information content (AvgIpc) is 2.59. The van der Waals surface area contributed by atoms with E-state index in [4.69, 9.17) is 5.73 Å². The molecule has 6 heteroatoms. The molecular formula is C11H18N2O3S. The highest BCUT2D eigenvalue weighted by atomic mass is 32.2. The maximum absolute atomic E-state index is 12.0. The monoisotopic (exact) mass is 258 g/mol. The van der Waals surface area contributed by atoms with Gasteiger partial charge in [0.2, 0.25) is 5.91 Å². The zero-order valence-corrected chi connectivity index (χ0v) is 10.5. The number of rotatable bonds is 2. The van der Waals surface area contributed by atoms with Gasteiger partial charge in [0.25, 0.3) is 0 Å². The van der Waals surface area contributed by atoms with Crippen LogP contribution in [0.1, 0.15) is 32.1 Å². The molecule has 1 saturated carbocycles. The fourth-order valence-electron chi connectivity index (χ4n) is 2.39. The minimum absolute atomic E-state index is 0.0468. The third-order valence-corrected chi connectivity index (χ3v) is 4.84. The first-order valence-corrected chi connectivity index (χ1v) is 7.64. The molecule has 2 rings (SSSR count). The van der Waals surface area contributed by atoms with Crippen LogP contribution in [0.5, 0.6) is 0 Å². The van der Waals surface area contributed by atoms with Crippen molar-refractivity contribution in [1.82, 2.24) is 5.32 Å². The van der Waals surface area contributed by atoms with E-state index in [0.717, 1.165) is 24.7 Å². The number of nitrogens with two attached hydrogens (primary N) is 1. The molecular weight excluding hydrogens is 240 g/mol. The fourth-order valence-corrected chi connectivity index (χ4v) is 3.62. The molecule has 1 aliphatic heterocycles. The first-order valence-electron chi connectivity index (χ1n) is 5.92. The van der Waals surface area contributed by atoms with Crippen molar-refractivity contribution in [3.05, 3.63) is 11.5 Å². The second-order valence-corrected chi connectivity index (χ2v) is 6.89. The molecule has 1 fully saturated rings. The highest BCUT2D eigenvalue weighted by Crippen LogP contribution is 2.26. The summed E-state index contributed by atoms with van der Waals surface area (Å²) in [5, 5.41) is 3.87. The summed E-state index contributed by atoms with van der Waals surface area (Å²) in [5.74, 6) is -0.265. The SMILES string of the molecule is NC1(C(=O)NC2C=CS(=O)(=O)C2)CCCCC1. The van der Waals surface area contributed by atoms with E-state index in [1.165, 1.54) is 6.08 Å². The molecule has 2 aliphatic rings. The Morgan fingerprint density at radius 2 is 1.94 bits per heavy atom. The van der Waals surface area contributed by atoms with Gasteiger partial charge in [0.15, 0.2) is 9.84 Å². The van der Waals surface area contributed by atoms with Gasteiger partial charge in [-0.1, -0.05) is 19.3 Å². The summed E-state index contributed by atoms with van der Waals surface area (Å²) in [6.45, 7) is 0. The highest BCUT2D eigenvalue weighted by molar-refractivity contribution is 7.94. The molecule has 0 aromatic rings. The van der Waals surface area contributed by atoms with Gasteiger partial charge in [0.1, 0.15) is 0 Å². The average molecular weight is 258 g/mol. The van der Waals surface area contributed by atoms with Crippen LogP contribution in [-0.4, -0.2) is 31.7 Å². The molecule has 0 aromatic carbocycles. The van der Waals surface area contributed by atoms with E-state index in [2.05, 4.69) is 5.32 Å². The van der Waals surface area contributed by atoms with Crippen LogP contribution in [0.3, 0.4) is 0 Å². The predicted octanol–water partition coefficient (Wildman–Crippen LogP) is 0.0749. The number of amides is 1. The van der Waals surface area contributed by atoms with Gasteiger partial charge < -0.3 is 11.1 Å². The molecule has 96 valence electrons. The second-order valence-electron chi connectivity index (χ2n) is 4.95. The third-order valence-electron chi connectivity index (χ3n) is 3.44. The third kappa shape index (κ3) is 2.87. The molecule has 0 spiro atoms. The molecule has 1 heterocycles. The molecule has 3 N–H and O–H groups in total. The van der Waals surface area contributed by atoms with Crippen LogP contribution in [0.25, 0.3) is 0 Å². The van der Waals surface area contributed by atoms with Gasteiger partial charge in [0, 0.05) is 5.41 Å². The Morgan fingerprint density at radius 1 is 1.29 bits per heavy atom. The summed E-state index contributed by atoms with van der Waals surface area (Å²) in [7, 11) is -3.13. The van der Waals surface area contributed by atoms with E-state index in [-0.39, 0.29) is 11.7 Å². The molecule has 0 bridgehead atoms. The highest BCUT2D eigenvalue weighted by Gasteiger charge is 2.37. The van der Waals surface area contributed by atoms with Crippen molar-refractivity contribution in [2.24, 2.45) is 5.73 Å². The Hall–Kier alpha value is -0.880. The lowest BCUT2D eigenvalue weighted by atomic mass is 9.82. The molecule has 0 radical (unpaired) electrons. The summed E-state index contributed by atoms with van der Waals surface area (Å²) in [6, 6.07) is -0.421. The summed E-state index contributed by atoms with van der Waals surface area (Å²) < 4.78 is 22.4. The van der Waals surface area contributed by atoms with Crippen molar-refractivity contribution in [1.29, 1.82) is 0 Å². The Bertz CT molecular complexity index is 436. The van der Waals surface area contributed by atoms with Crippen LogP contribution in [0.2, 0.25) is 0 Å². The van der Waals surface area contributed by atoms with Gasteiger partial charge in [0.05, 0.1) is 17.3 Å². The lowest BCUT2D eigenvalue weighted by Crippen LogP contribution is -2.57. The van der Waals surface area contributed by atoms with Gasteiger partial charge in [-0.15, -0.1) is 0 Å². The van der Waals surface area contributed by atoms with Crippen LogP contribution in [-0.2, 0) is 14.6 Å². The first kappa shape index (κ1) is 12.6. The molecule has 1 unspecified atom stereocenters. The summed E-state index contributed by atoms with van der Waals surface area (Å²) in [6.07, 6.45) is 5.92. The topological polar surface area (TPSA) is 89.3 Å². The van der Waals surface area contributed by atoms with Crippen LogP contribution in [0, 0.1) is 0 Å². The van der Waals surface area contributed by atoms with Gasteiger partial charge in [-0.3, -0.25) is 4.79 Å². The summed E-state index contributed by atoms with van der Waals surface area (Å²) in [5.41, 5.74) is 5.26. The smallest absolute Gasteiger partial charge is 0.240 e. The maximum Gasteiger partial charge on any atom is 0.240 e. The number of hydrogen-bond acceptors (Lipinski definition) is 4. The zero-order valence-electron chi connectivity index (χ0n) is 9.69. The van der Waals surface area contributed by atoms with Crippen LogP contribution >= 0.6 is 0 Å². The van der Waals surface area contributed by atoms with Gasteiger partial charge in [-0.25, -0.2) is 8.42 Å². The van der Waals surface area contributed by atoms with Gasteiger partial charge >= 0.3 is 0 Å². The van der Waals surface area contributed by atoms with Crippen molar-refractivity contribution in [3.63, 3.8) is 0 Å². The van der Waals surface area contributed by atoms with Crippen molar-refractivity contribution in [3.8, 4) is 0 Å². The van der Waals surface area contributed by atoms with Crippen molar-refractivity contribution >= 4 is 15.7 Å². The van der Waals surface area contributed by atoms with Gasteiger partial charge in [-0.05, 0) is 18.9 Å². The molecule has 5 nitrogen and oxygen atoms in total. The molecule has 1 atom stereocenters. The van der Waals surface area contributed by atoms with Crippen molar-refractivity contribution in [2.75, 3.05) is 5.75 Å². The first-order chi connectivity index (χ1) is 7.91. The van der Waals surface area contributed by atoms with Crippen LogP contribution < -0.4 is 11.1 Å². The summed E-state index contributed by atoms with van der Waals surface area (Å²) >= 11 is 0. The number of carbonyl (C=O) groups excluding carboxylic acids is 1. The zero-order chi connectivity index (χ0) is 12.5. The Balaban J connectivity index is 1.96.